The number of nitro benzene ring substituents is 1. The summed E-state index contributed by atoms with van der Waals surface area (Å²) in [6, 6.07) is 14.0. The van der Waals surface area contributed by atoms with Gasteiger partial charge in [0.2, 0.25) is 11.7 Å². The molecule has 3 aromatic carbocycles. The maximum absolute atomic E-state index is 13.0. The molecule has 0 aliphatic carbocycles. The van der Waals surface area contributed by atoms with E-state index in [1.807, 2.05) is 0 Å². The third-order valence-electron chi connectivity index (χ3n) is 5.19. The van der Waals surface area contributed by atoms with Gasteiger partial charge < -0.3 is 10.1 Å². The number of benzene rings is 3. The van der Waals surface area contributed by atoms with Crippen LogP contribution in [0.1, 0.15) is 11.1 Å². The molecule has 9 nitrogen and oxygen atoms in total. The summed E-state index contributed by atoms with van der Waals surface area (Å²) in [5, 5.41) is 13.6. The lowest BCUT2D eigenvalue weighted by molar-refractivity contribution is -0.385. The Morgan fingerprint density at radius 1 is 1.08 bits per heavy atom. The molecule has 1 saturated heterocycles. The van der Waals surface area contributed by atoms with Crippen molar-refractivity contribution in [2.24, 2.45) is 0 Å². The predicted molar refractivity (Wildman–Crippen MR) is 137 cm³/mol. The monoisotopic (exact) mass is 577 g/mol. The first-order valence-corrected chi connectivity index (χ1v) is 12.0. The molecule has 0 aromatic heterocycles. The number of nitrogens with one attached hydrogen (secondary N) is 1. The van der Waals surface area contributed by atoms with Crippen molar-refractivity contribution in [3.8, 4) is 11.5 Å². The van der Waals surface area contributed by atoms with Gasteiger partial charge in [-0.1, -0.05) is 35.9 Å². The van der Waals surface area contributed by atoms with Crippen molar-refractivity contribution in [3.63, 3.8) is 0 Å². The molecule has 0 spiro atoms. The van der Waals surface area contributed by atoms with Crippen molar-refractivity contribution in [3.05, 3.63) is 97.9 Å². The molecule has 1 aliphatic rings. The van der Waals surface area contributed by atoms with Crippen LogP contribution in [0.3, 0.4) is 0 Å². The minimum absolute atomic E-state index is 0.0224. The Bertz CT molecular complexity index is 1530. The SMILES string of the molecule is O=C(CN1C(=O)S/C(=C/c2ccccc2Oc2ccc(C(F)(F)F)cc2[N+](=O)[O-])C1=O)Nc1cccc(Cl)c1. The highest BCUT2D eigenvalue weighted by atomic mass is 35.5. The fraction of sp³-hybridized carbons (Fsp3) is 0.0800. The van der Waals surface area contributed by atoms with Gasteiger partial charge in [0.15, 0.2) is 0 Å². The molecule has 0 saturated carbocycles. The molecule has 3 amide bonds. The fourth-order valence-electron chi connectivity index (χ4n) is 3.42. The van der Waals surface area contributed by atoms with Crippen molar-refractivity contribution < 1.29 is 37.2 Å². The number of hydrogen-bond acceptors (Lipinski definition) is 7. The summed E-state index contributed by atoms with van der Waals surface area (Å²) >= 11 is 6.45. The van der Waals surface area contributed by atoms with Gasteiger partial charge in [-0.15, -0.1) is 0 Å². The Balaban J connectivity index is 1.55. The molecule has 4 rings (SSSR count). The summed E-state index contributed by atoms with van der Waals surface area (Å²) < 4.78 is 44.6. The van der Waals surface area contributed by atoms with Crippen LogP contribution in [0.4, 0.5) is 29.3 Å². The molecule has 200 valence electrons. The molecule has 3 aromatic rings. The standard InChI is InChI=1S/C25H15ClF3N3O6S/c26-16-5-3-6-17(12-16)30-22(33)13-31-23(34)21(39-24(31)35)10-14-4-1-2-7-19(14)38-20-9-8-15(25(27,28)29)11-18(20)32(36)37/h1-12H,13H2,(H,30,33)/b21-10+. The van der Waals surface area contributed by atoms with E-state index >= 15 is 0 Å². The lowest BCUT2D eigenvalue weighted by Gasteiger charge is -2.13. The third-order valence-corrected chi connectivity index (χ3v) is 6.33. The zero-order valence-electron chi connectivity index (χ0n) is 19.4. The summed E-state index contributed by atoms with van der Waals surface area (Å²) in [6.45, 7) is -0.565. The van der Waals surface area contributed by atoms with E-state index in [-0.39, 0.29) is 16.2 Å². The number of hydrogen-bond donors (Lipinski definition) is 1. The van der Waals surface area contributed by atoms with E-state index in [9.17, 15) is 37.7 Å². The van der Waals surface area contributed by atoms with Gasteiger partial charge in [0.25, 0.3) is 11.1 Å². The summed E-state index contributed by atoms with van der Waals surface area (Å²) in [5.41, 5.74) is -1.55. The van der Waals surface area contributed by atoms with E-state index in [1.54, 1.807) is 24.3 Å². The summed E-state index contributed by atoms with van der Waals surface area (Å²) in [6.07, 6.45) is -3.51. The smallest absolute Gasteiger partial charge is 0.416 e. The number of para-hydroxylation sites is 1. The molecule has 1 aliphatic heterocycles. The zero-order valence-corrected chi connectivity index (χ0v) is 21.0. The van der Waals surface area contributed by atoms with Crippen LogP contribution in [0.15, 0.2) is 71.6 Å². The van der Waals surface area contributed by atoms with E-state index in [0.29, 0.717) is 34.6 Å². The normalized spacial score (nSPS) is 14.6. The first-order chi connectivity index (χ1) is 18.4. The Hall–Kier alpha value is -4.36. The molecular weight excluding hydrogens is 563 g/mol. The molecule has 0 atom stereocenters. The molecule has 1 heterocycles. The van der Waals surface area contributed by atoms with Crippen LogP contribution in [0.5, 0.6) is 11.5 Å². The van der Waals surface area contributed by atoms with Gasteiger partial charge in [0.05, 0.1) is 15.4 Å². The summed E-state index contributed by atoms with van der Waals surface area (Å²) in [7, 11) is 0. The molecule has 0 bridgehead atoms. The number of amides is 3. The number of rotatable bonds is 7. The second kappa shape index (κ2) is 11.2. The highest BCUT2D eigenvalue weighted by Crippen LogP contribution is 2.40. The molecule has 0 unspecified atom stereocenters. The minimum Gasteiger partial charge on any atom is -0.449 e. The van der Waals surface area contributed by atoms with E-state index in [1.165, 1.54) is 30.3 Å². The highest BCUT2D eigenvalue weighted by Gasteiger charge is 2.37. The van der Waals surface area contributed by atoms with Gasteiger partial charge >= 0.3 is 11.9 Å². The first kappa shape index (κ1) is 27.7. The number of imide groups is 1. The lowest BCUT2D eigenvalue weighted by Crippen LogP contribution is -2.36. The van der Waals surface area contributed by atoms with E-state index < -0.39 is 51.7 Å². The predicted octanol–water partition coefficient (Wildman–Crippen LogP) is 6.73. The number of alkyl halides is 3. The molecule has 1 N–H and O–H groups in total. The first-order valence-electron chi connectivity index (χ1n) is 10.9. The number of carbonyl (C=O) groups excluding carboxylic acids is 3. The maximum atomic E-state index is 13.0. The Morgan fingerprint density at radius 3 is 2.51 bits per heavy atom. The number of carbonyl (C=O) groups is 3. The Labute approximate surface area is 227 Å². The number of halogens is 4. The number of thioether (sulfide) groups is 1. The average molecular weight is 578 g/mol. The van der Waals surface area contributed by atoms with E-state index in [0.717, 1.165) is 11.0 Å². The van der Waals surface area contributed by atoms with Crippen LogP contribution in [0.25, 0.3) is 6.08 Å². The van der Waals surface area contributed by atoms with Gasteiger partial charge in [0, 0.05) is 22.3 Å². The summed E-state index contributed by atoms with van der Waals surface area (Å²) in [5.74, 6) is -1.88. The van der Waals surface area contributed by atoms with Crippen molar-refractivity contribution in [2.75, 3.05) is 11.9 Å². The number of nitrogens with zero attached hydrogens (tertiary/aromatic N) is 2. The van der Waals surface area contributed by atoms with Gasteiger partial charge in [0.1, 0.15) is 12.3 Å². The van der Waals surface area contributed by atoms with Crippen LogP contribution in [-0.4, -0.2) is 33.4 Å². The van der Waals surface area contributed by atoms with Gasteiger partial charge in [-0.05, 0) is 54.2 Å². The number of ether oxygens (including phenoxy) is 1. The molecule has 0 radical (unpaired) electrons. The van der Waals surface area contributed by atoms with Crippen molar-refractivity contribution in [1.82, 2.24) is 4.90 Å². The molecule has 1 fully saturated rings. The van der Waals surface area contributed by atoms with Crippen LogP contribution >= 0.6 is 23.4 Å². The quantitative estimate of drug-likeness (QED) is 0.188. The molecular formula is C25H15ClF3N3O6S. The minimum atomic E-state index is -4.80. The van der Waals surface area contributed by atoms with Crippen molar-refractivity contribution in [2.45, 2.75) is 6.18 Å². The van der Waals surface area contributed by atoms with Gasteiger partial charge in [-0.3, -0.25) is 29.4 Å². The zero-order chi connectivity index (χ0) is 28.3. The topological polar surface area (TPSA) is 119 Å². The lowest BCUT2D eigenvalue weighted by atomic mass is 10.1. The van der Waals surface area contributed by atoms with E-state index in [4.69, 9.17) is 16.3 Å². The summed E-state index contributed by atoms with van der Waals surface area (Å²) in [4.78, 5) is 48.8. The van der Waals surface area contributed by atoms with Crippen LogP contribution in [0, 0.1) is 10.1 Å². The van der Waals surface area contributed by atoms with Gasteiger partial charge in [-0.2, -0.15) is 13.2 Å². The average Bonchev–Trinajstić information content (AvgIpc) is 3.12. The van der Waals surface area contributed by atoms with Crippen LogP contribution in [0.2, 0.25) is 5.02 Å². The number of anilines is 1. The molecule has 14 heteroatoms. The Morgan fingerprint density at radius 2 is 1.82 bits per heavy atom. The number of nitro groups is 1. The fourth-order valence-corrected chi connectivity index (χ4v) is 4.44. The van der Waals surface area contributed by atoms with Crippen LogP contribution < -0.4 is 10.1 Å². The third kappa shape index (κ3) is 6.56. The van der Waals surface area contributed by atoms with E-state index in [2.05, 4.69) is 5.32 Å². The van der Waals surface area contributed by atoms with Crippen molar-refractivity contribution >= 4 is 57.9 Å². The second-order valence-corrected chi connectivity index (χ2v) is 9.33. The largest absolute Gasteiger partial charge is 0.449 e. The Kier molecular flexibility index (Phi) is 7.93. The highest BCUT2D eigenvalue weighted by molar-refractivity contribution is 8.18. The van der Waals surface area contributed by atoms with Crippen LogP contribution in [-0.2, 0) is 15.8 Å². The second-order valence-electron chi connectivity index (χ2n) is 7.90. The van der Waals surface area contributed by atoms with Crippen molar-refractivity contribution in [1.29, 1.82) is 0 Å². The molecule has 39 heavy (non-hydrogen) atoms. The maximum Gasteiger partial charge on any atom is 0.416 e. The van der Waals surface area contributed by atoms with Gasteiger partial charge in [-0.25, -0.2) is 0 Å².